The van der Waals surface area contributed by atoms with Crippen molar-refractivity contribution >= 4 is 5.91 Å². The number of amides is 1. The first-order chi connectivity index (χ1) is 10.0. The Kier molecular flexibility index (Phi) is 4.57. The predicted molar refractivity (Wildman–Crippen MR) is 79.6 cm³/mol. The van der Waals surface area contributed by atoms with Crippen LogP contribution in [0.3, 0.4) is 0 Å². The molecule has 21 heavy (non-hydrogen) atoms. The van der Waals surface area contributed by atoms with Gasteiger partial charge in [-0.15, -0.1) is 0 Å². The minimum Gasteiger partial charge on any atom is -0.494 e. The number of nitrogens with one attached hydrogen (secondary N) is 1. The molecule has 6 heteroatoms. The number of carbonyl (C=O) groups is 1. The minimum absolute atomic E-state index is 0.168. The largest absolute Gasteiger partial charge is 0.494 e. The molecule has 1 N–H and O–H groups in total. The molecule has 2 rings (SSSR count). The van der Waals surface area contributed by atoms with Crippen LogP contribution in [-0.4, -0.2) is 34.3 Å². The van der Waals surface area contributed by atoms with Crippen LogP contribution in [0.4, 0.5) is 0 Å². The lowest BCUT2D eigenvalue weighted by Crippen LogP contribution is -2.28. The Bertz CT molecular complexity index is 649. The molecule has 112 valence electrons. The van der Waals surface area contributed by atoms with Crippen LogP contribution in [0.2, 0.25) is 0 Å². The van der Waals surface area contributed by atoms with E-state index in [1.165, 1.54) is 7.11 Å². The van der Waals surface area contributed by atoms with E-state index in [9.17, 15) is 4.79 Å². The lowest BCUT2D eigenvalue weighted by Gasteiger charge is -2.10. The molecule has 0 saturated carbocycles. The fourth-order valence-electron chi connectivity index (χ4n) is 2.16. The number of hydrogen-bond acceptors (Lipinski definition) is 4. The smallest absolute Gasteiger partial charge is 0.255 e. The minimum atomic E-state index is -0.168. The maximum atomic E-state index is 12.2. The van der Waals surface area contributed by atoms with Gasteiger partial charge in [-0.2, -0.15) is 5.10 Å². The van der Waals surface area contributed by atoms with Gasteiger partial charge in [-0.3, -0.25) is 14.5 Å². The lowest BCUT2D eigenvalue weighted by atomic mass is 10.2. The van der Waals surface area contributed by atoms with E-state index in [0.717, 1.165) is 17.1 Å². The molecule has 0 aliphatic heterocycles. The third kappa shape index (κ3) is 3.59. The van der Waals surface area contributed by atoms with Crippen LogP contribution < -0.4 is 10.1 Å². The molecule has 2 aromatic rings. The molecular weight excluding hydrogens is 268 g/mol. The topological polar surface area (TPSA) is 69.0 Å². The van der Waals surface area contributed by atoms with Gasteiger partial charge in [-0.1, -0.05) is 0 Å². The highest BCUT2D eigenvalue weighted by Crippen LogP contribution is 2.17. The third-order valence-corrected chi connectivity index (χ3v) is 3.18. The number of pyridine rings is 1. The Balaban J connectivity index is 1.99. The molecule has 1 amide bonds. The molecule has 0 fully saturated rings. The summed E-state index contributed by atoms with van der Waals surface area (Å²) in [6, 6.07) is 3.73. The highest BCUT2D eigenvalue weighted by Gasteiger charge is 2.12. The van der Waals surface area contributed by atoms with E-state index in [-0.39, 0.29) is 5.91 Å². The highest BCUT2D eigenvalue weighted by molar-refractivity contribution is 5.96. The second-order valence-electron chi connectivity index (χ2n) is 4.93. The first kappa shape index (κ1) is 15.0. The Morgan fingerprint density at radius 3 is 2.67 bits per heavy atom. The van der Waals surface area contributed by atoms with Crippen molar-refractivity contribution in [2.24, 2.45) is 0 Å². The van der Waals surface area contributed by atoms with Gasteiger partial charge in [0.2, 0.25) is 0 Å². The second kappa shape index (κ2) is 6.39. The number of carbonyl (C=O) groups excluding carboxylic acids is 1. The van der Waals surface area contributed by atoms with Crippen LogP contribution in [0, 0.1) is 20.8 Å². The fraction of sp³-hybridized carbons (Fsp3) is 0.400. The standard InChI is InChI=1S/C15H20N4O2/c1-10-8-13(14(21-4)9-17-10)15(20)16-5-6-19-12(3)7-11(2)18-19/h7-9H,5-6H2,1-4H3,(H,16,20). The van der Waals surface area contributed by atoms with Gasteiger partial charge >= 0.3 is 0 Å². The number of aryl methyl sites for hydroxylation is 3. The van der Waals surface area contributed by atoms with Crippen LogP contribution in [0.25, 0.3) is 0 Å². The van der Waals surface area contributed by atoms with E-state index in [1.54, 1.807) is 12.3 Å². The quantitative estimate of drug-likeness (QED) is 0.908. The van der Waals surface area contributed by atoms with Crippen molar-refractivity contribution in [3.63, 3.8) is 0 Å². The van der Waals surface area contributed by atoms with Crippen molar-refractivity contribution in [1.82, 2.24) is 20.1 Å². The molecule has 0 bridgehead atoms. The van der Waals surface area contributed by atoms with Crippen molar-refractivity contribution in [1.29, 1.82) is 0 Å². The third-order valence-electron chi connectivity index (χ3n) is 3.18. The number of rotatable bonds is 5. The maximum absolute atomic E-state index is 12.2. The van der Waals surface area contributed by atoms with Gasteiger partial charge in [0.05, 0.1) is 31.1 Å². The maximum Gasteiger partial charge on any atom is 0.255 e. The van der Waals surface area contributed by atoms with Crippen LogP contribution >= 0.6 is 0 Å². The molecule has 0 spiro atoms. The summed E-state index contributed by atoms with van der Waals surface area (Å²) in [6.07, 6.45) is 1.56. The van der Waals surface area contributed by atoms with Gasteiger partial charge in [0.15, 0.2) is 0 Å². The van der Waals surface area contributed by atoms with Gasteiger partial charge in [-0.25, -0.2) is 0 Å². The molecule has 2 aromatic heterocycles. The zero-order valence-corrected chi connectivity index (χ0v) is 12.8. The average molecular weight is 288 g/mol. The zero-order valence-electron chi connectivity index (χ0n) is 12.8. The predicted octanol–water partition coefficient (Wildman–Crippen LogP) is 1.64. The van der Waals surface area contributed by atoms with Crippen LogP contribution in [-0.2, 0) is 6.54 Å². The van der Waals surface area contributed by atoms with E-state index in [0.29, 0.717) is 24.4 Å². The summed E-state index contributed by atoms with van der Waals surface area (Å²) in [6.45, 7) is 6.93. The molecule has 0 saturated heterocycles. The highest BCUT2D eigenvalue weighted by atomic mass is 16.5. The van der Waals surface area contributed by atoms with Gasteiger partial charge in [0.25, 0.3) is 5.91 Å². The molecule has 0 unspecified atom stereocenters. The van der Waals surface area contributed by atoms with Gasteiger partial charge in [0, 0.05) is 17.9 Å². The first-order valence-corrected chi connectivity index (χ1v) is 6.81. The summed E-state index contributed by atoms with van der Waals surface area (Å²) in [4.78, 5) is 16.3. The molecular formula is C15H20N4O2. The van der Waals surface area contributed by atoms with Crippen LogP contribution in [0.1, 0.15) is 27.4 Å². The Morgan fingerprint density at radius 2 is 2.05 bits per heavy atom. The summed E-state index contributed by atoms with van der Waals surface area (Å²) in [5.74, 6) is 0.308. The molecule has 0 aliphatic carbocycles. The lowest BCUT2D eigenvalue weighted by molar-refractivity contribution is 0.0948. The molecule has 0 radical (unpaired) electrons. The van der Waals surface area contributed by atoms with E-state index >= 15 is 0 Å². The number of ether oxygens (including phenoxy) is 1. The van der Waals surface area contributed by atoms with Crippen molar-refractivity contribution in [2.45, 2.75) is 27.3 Å². The number of nitrogens with zero attached hydrogens (tertiary/aromatic N) is 3. The average Bonchev–Trinajstić information content (AvgIpc) is 2.77. The molecule has 0 aliphatic rings. The van der Waals surface area contributed by atoms with Gasteiger partial charge in [-0.05, 0) is 32.9 Å². The van der Waals surface area contributed by atoms with E-state index in [1.807, 2.05) is 31.5 Å². The van der Waals surface area contributed by atoms with Crippen molar-refractivity contribution < 1.29 is 9.53 Å². The van der Waals surface area contributed by atoms with Gasteiger partial charge < -0.3 is 10.1 Å². The molecule has 0 aromatic carbocycles. The van der Waals surface area contributed by atoms with E-state index in [2.05, 4.69) is 15.4 Å². The SMILES string of the molecule is COc1cnc(C)cc1C(=O)NCCn1nc(C)cc1C. The first-order valence-electron chi connectivity index (χ1n) is 6.81. The Morgan fingerprint density at radius 1 is 1.29 bits per heavy atom. The monoisotopic (exact) mass is 288 g/mol. The van der Waals surface area contributed by atoms with Gasteiger partial charge in [0.1, 0.15) is 5.75 Å². The fourth-order valence-corrected chi connectivity index (χ4v) is 2.16. The zero-order chi connectivity index (χ0) is 15.4. The number of hydrogen-bond donors (Lipinski definition) is 1. The van der Waals surface area contributed by atoms with E-state index in [4.69, 9.17) is 4.74 Å². The van der Waals surface area contributed by atoms with Crippen LogP contribution in [0.5, 0.6) is 5.75 Å². The summed E-state index contributed by atoms with van der Waals surface area (Å²) in [5.41, 5.74) is 3.34. The summed E-state index contributed by atoms with van der Waals surface area (Å²) < 4.78 is 7.05. The van der Waals surface area contributed by atoms with Crippen molar-refractivity contribution in [3.05, 3.63) is 41.0 Å². The van der Waals surface area contributed by atoms with Crippen molar-refractivity contribution in [2.75, 3.05) is 13.7 Å². The summed E-state index contributed by atoms with van der Waals surface area (Å²) in [7, 11) is 1.53. The Labute approximate surface area is 124 Å². The summed E-state index contributed by atoms with van der Waals surface area (Å²) >= 11 is 0. The number of methoxy groups -OCH3 is 1. The molecule has 6 nitrogen and oxygen atoms in total. The normalized spacial score (nSPS) is 10.5. The summed E-state index contributed by atoms with van der Waals surface area (Å²) in [5, 5.41) is 7.24. The molecule has 2 heterocycles. The Hall–Kier alpha value is -2.37. The molecule has 0 atom stereocenters. The second-order valence-corrected chi connectivity index (χ2v) is 4.93. The van der Waals surface area contributed by atoms with Crippen LogP contribution in [0.15, 0.2) is 18.3 Å². The number of aromatic nitrogens is 3. The van der Waals surface area contributed by atoms with E-state index < -0.39 is 0 Å². The van der Waals surface area contributed by atoms with Crippen molar-refractivity contribution in [3.8, 4) is 5.75 Å².